The fraction of sp³-hybridized carbons (Fsp3) is 0.429. The van der Waals surface area contributed by atoms with Crippen LogP contribution in [0.25, 0.3) is 11.4 Å². The normalized spacial score (nSPS) is 10.8. The molecule has 0 bridgehead atoms. The number of hydrogen-bond donors (Lipinski definition) is 1. The molecule has 0 amide bonds. The van der Waals surface area contributed by atoms with Crippen LogP contribution in [-0.2, 0) is 6.42 Å². The molecule has 0 aliphatic heterocycles. The van der Waals surface area contributed by atoms with Crippen LogP contribution in [0, 0.1) is 0 Å². The Morgan fingerprint density at radius 1 is 1.32 bits per heavy atom. The molecule has 1 N–H and O–H groups in total. The molecule has 0 spiro atoms. The lowest BCUT2D eigenvalue weighted by Gasteiger charge is -1.99. The molecule has 0 unspecified atom stereocenters. The summed E-state index contributed by atoms with van der Waals surface area (Å²) in [6, 6.07) is 7.44. The lowest BCUT2D eigenvalue weighted by molar-refractivity contribution is 0.376. The number of unbranched alkanes of at least 4 members (excludes halogenated alkanes) is 1. The van der Waals surface area contributed by atoms with E-state index in [-0.39, 0.29) is 0 Å². The van der Waals surface area contributed by atoms with Crippen LogP contribution in [0.1, 0.15) is 25.7 Å². The largest absolute Gasteiger partial charge is 0.339 e. The lowest BCUT2D eigenvalue weighted by Crippen LogP contribution is -2.18. The van der Waals surface area contributed by atoms with Crippen LogP contribution >= 0.6 is 11.6 Å². The monoisotopic (exact) mass is 279 g/mol. The van der Waals surface area contributed by atoms with Gasteiger partial charge in [0.15, 0.2) is 0 Å². The van der Waals surface area contributed by atoms with E-state index in [4.69, 9.17) is 16.1 Å². The Kier molecular flexibility index (Phi) is 5.36. The van der Waals surface area contributed by atoms with Gasteiger partial charge in [-0.2, -0.15) is 4.98 Å². The van der Waals surface area contributed by atoms with Gasteiger partial charge in [-0.15, -0.1) is 0 Å². The summed E-state index contributed by atoms with van der Waals surface area (Å²) < 4.78 is 5.22. The van der Waals surface area contributed by atoms with E-state index in [1.807, 2.05) is 24.3 Å². The molecule has 0 atom stereocenters. The van der Waals surface area contributed by atoms with Crippen molar-refractivity contribution in [3.05, 3.63) is 35.2 Å². The van der Waals surface area contributed by atoms with Gasteiger partial charge >= 0.3 is 0 Å². The summed E-state index contributed by atoms with van der Waals surface area (Å²) in [7, 11) is 0. The van der Waals surface area contributed by atoms with Crippen LogP contribution < -0.4 is 5.32 Å². The third-order valence-electron chi connectivity index (χ3n) is 2.77. The quantitative estimate of drug-likeness (QED) is 0.790. The Morgan fingerprint density at radius 3 is 3.00 bits per heavy atom. The van der Waals surface area contributed by atoms with Gasteiger partial charge in [0.1, 0.15) is 0 Å². The number of aromatic nitrogens is 2. The van der Waals surface area contributed by atoms with E-state index in [0.717, 1.165) is 25.1 Å². The maximum absolute atomic E-state index is 5.94. The third-order valence-corrected chi connectivity index (χ3v) is 3.01. The van der Waals surface area contributed by atoms with Gasteiger partial charge < -0.3 is 9.84 Å². The Labute approximate surface area is 118 Å². The topological polar surface area (TPSA) is 51.0 Å². The molecule has 1 aromatic heterocycles. The van der Waals surface area contributed by atoms with E-state index in [0.29, 0.717) is 16.7 Å². The fourth-order valence-electron chi connectivity index (χ4n) is 1.72. The second kappa shape index (κ2) is 7.26. The predicted molar refractivity (Wildman–Crippen MR) is 76.2 cm³/mol. The van der Waals surface area contributed by atoms with E-state index in [1.54, 1.807) is 0 Å². The number of benzene rings is 1. The number of halogens is 1. The molecule has 0 radical (unpaired) electrons. The van der Waals surface area contributed by atoms with Crippen molar-refractivity contribution < 1.29 is 4.52 Å². The van der Waals surface area contributed by atoms with E-state index in [2.05, 4.69) is 22.4 Å². The molecule has 4 nitrogen and oxygen atoms in total. The zero-order chi connectivity index (χ0) is 13.5. The van der Waals surface area contributed by atoms with Crippen LogP contribution in [0.2, 0.25) is 5.02 Å². The highest BCUT2D eigenvalue weighted by atomic mass is 35.5. The highest BCUT2D eigenvalue weighted by molar-refractivity contribution is 6.30. The van der Waals surface area contributed by atoms with Gasteiger partial charge in [-0.05, 0) is 25.1 Å². The highest BCUT2D eigenvalue weighted by Gasteiger charge is 2.08. The van der Waals surface area contributed by atoms with Gasteiger partial charge in [-0.25, -0.2) is 0 Å². The van der Waals surface area contributed by atoms with Crippen LogP contribution in [0.5, 0.6) is 0 Å². The summed E-state index contributed by atoms with van der Waals surface area (Å²) in [4.78, 5) is 4.36. The zero-order valence-corrected chi connectivity index (χ0v) is 11.8. The molecule has 0 aliphatic rings. The first kappa shape index (κ1) is 14.0. The van der Waals surface area contributed by atoms with Gasteiger partial charge in [-0.3, -0.25) is 0 Å². The fourth-order valence-corrected chi connectivity index (χ4v) is 1.91. The minimum absolute atomic E-state index is 0.589. The molecule has 102 valence electrons. The molecule has 19 heavy (non-hydrogen) atoms. The molecule has 0 saturated heterocycles. The summed E-state index contributed by atoms with van der Waals surface area (Å²) in [6.45, 7) is 4.07. The van der Waals surface area contributed by atoms with Crippen LogP contribution in [0.15, 0.2) is 28.8 Å². The molecule has 1 heterocycles. The summed E-state index contributed by atoms with van der Waals surface area (Å²) >= 11 is 5.94. The van der Waals surface area contributed by atoms with E-state index in [9.17, 15) is 0 Å². The van der Waals surface area contributed by atoms with Gasteiger partial charge in [0, 0.05) is 23.6 Å². The van der Waals surface area contributed by atoms with Crippen molar-refractivity contribution in [1.82, 2.24) is 15.5 Å². The standard InChI is InChI=1S/C14H18ClN3O/c1-2-3-8-16-9-7-13-17-14(18-19-13)11-5-4-6-12(15)10-11/h4-6,10,16H,2-3,7-9H2,1H3. The van der Waals surface area contributed by atoms with Gasteiger partial charge in [-0.1, -0.05) is 42.2 Å². The molecule has 2 rings (SSSR count). The van der Waals surface area contributed by atoms with Crippen molar-refractivity contribution in [2.24, 2.45) is 0 Å². The lowest BCUT2D eigenvalue weighted by atomic mass is 10.2. The number of hydrogen-bond acceptors (Lipinski definition) is 4. The van der Waals surface area contributed by atoms with Crippen LogP contribution in [-0.4, -0.2) is 23.2 Å². The molecule has 2 aromatic rings. The highest BCUT2D eigenvalue weighted by Crippen LogP contribution is 2.19. The Hall–Kier alpha value is -1.39. The number of nitrogens with one attached hydrogen (secondary N) is 1. The molecule has 0 saturated carbocycles. The molecule has 0 fully saturated rings. The van der Waals surface area contributed by atoms with Crippen molar-refractivity contribution in [2.75, 3.05) is 13.1 Å². The second-order valence-electron chi connectivity index (χ2n) is 4.38. The number of nitrogens with zero attached hydrogens (tertiary/aromatic N) is 2. The number of rotatable bonds is 7. The first-order valence-corrected chi connectivity index (χ1v) is 6.96. The van der Waals surface area contributed by atoms with E-state index >= 15 is 0 Å². The third kappa shape index (κ3) is 4.33. The molecule has 0 aliphatic carbocycles. The molecule has 1 aromatic carbocycles. The summed E-state index contributed by atoms with van der Waals surface area (Å²) in [5.41, 5.74) is 0.876. The summed E-state index contributed by atoms with van der Waals surface area (Å²) in [5, 5.41) is 7.99. The van der Waals surface area contributed by atoms with E-state index < -0.39 is 0 Å². The van der Waals surface area contributed by atoms with Crippen molar-refractivity contribution >= 4 is 11.6 Å². The smallest absolute Gasteiger partial charge is 0.228 e. The minimum Gasteiger partial charge on any atom is -0.339 e. The average Bonchev–Trinajstić information content (AvgIpc) is 2.87. The zero-order valence-electron chi connectivity index (χ0n) is 11.0. The first-order valence-electron chi connectivity index (χ1n) is 6.59. The Bertz CT molecular complexity index is 513. The van der Waals surface area contributed by atoms with Crippen molar-refractivity contribution in [3.8, 4) is 11.4 Å². The first-order chi connectivity index (χ1) is 9.29. The molecular formula is C14H18ClN3O. The second-order valence-corrected chi connectivity index (χ2v) is 4.81. The predicted octanol–water partition coefficient (Wildman–Crippen LogP) is 3.32. The van der Waals surface area contributed by atoms with Gasteiger partial charge in [0.25, 0.3) is 0 Å². The SMILES string of the molecule is CCCCNCCc1nc(-c2cccc(Cl)c2)no1. The summed E-state index contributed by atoms with van der Waals surface area (Å²) in [5.74, 6) is 1.24. The summed E-state index contributed by atoms with van der Waals surface area (Å²) in [6.07, 6.45) is 3.14. The maximum Gasteiger partial charge on any atom is 0.228 e. The Balaban J connectivity index is 1.88. The van der Waals surface area contributed by atoms with Crippen molar-refractivity contribution in [2.45, 2.75) is 26.2 Å². The van der Waals surface area contributed by atoms with Crippen molar-refractivity contribution in [1.29, 1.82) is 0 Å². The minimum atomic E-state index is 0.589. The van der Waals surface area contributed by atoms with Crippen molar-refractivity contribution in [3.63, 3.8) is 0 Å². The maximum atomic E-state index is 5.94. The van der Waals surface area contributed by atoms with Crippen LogP contribution in [0.4, 0.5) is 0 Å². The van der Waals surface area contributed by atoms with Gasteiger partial charge in [0.05, 0.1) is 0 Å². The Morgan fingerprint density at radius 2 is 2.21 bits per heavy atom. The van der Waals surface area contributed by atoms with Gasteiger partial charge in [0.2, 0.25) is 11.7 Å². The van der Waals surface area contributed by atoms with E-state index in [1.165, 1.54) is 12.8 Å². The molecule has 5 heteroatoms. The van der Waals surface area contributed by atoms with Crippen LogP contribution in [0.3, 0.4) is 0 Å². The average molecular weight is 280 g/mol. The molecular weight excluding hydrogens is 262 g/mol.